The largest absolute Gasteiger partial charge is 0.436 e. The summed E-state index contributed by atoms with van der Waals surface area (Å²) in [4.78, 5) is 4.05. The standard InChI is InChI=1S/C15H16ClFN2O/c1-2-7-18-9-11-8-15(19-10-12(11)16)20-14-6-4-3-5-13(14)17/h3-6,8,10,18H,2,7,9H2,1H3. The van der Waals surface area contributed by atoms with Crippen LogP contribution in [0.25, 0.3) is 0 Å². The summed E-state index contributed by atoms with van der Waals surface area (Å²) in [7, 11) is 0. The fourth-order valence-electron chi connectivity index (χ4n) is 1.69. The minimum Gasteiger partial charge on any atom is -0.436 e. The number of hydrogen-bond donors (Lipinski definition) is 1. The van der Waals surface area contributed by atoms with E-state index in [0.29, 0.717) is 17.4 Å². The molecular weight excluding hydrogens is 279 g/mol. The van der Waals surface area contributed by atoms with Crippen molar-refractivity contribution in [3.63, 3.8) is 0 Å². The molecule has 0 aliphatic heterocycles. The van der Waals surface area contributed by atoms with Gasteiger partial charge in [0.1, 0.15) is 0 Å². The first-order chi connectivity index (χ1) is 9.70. The Morgan fingerprint density at radius 2 is 2.15 bits per heavy atom. The molecule has 0 saturated carbocycles. The van der Waals surface area contributed by atoms with Crippen molar-refractivity contribution in [2.75, 3.05) is 6.54 Å². The van der Waals surface area contributed by atoms with Gasteiger partial charge in [0, 0.05) is 18.8 Å². The average Bonchev–Trinajstić information content (AvgIpc) is 2.45. The van der Waals surface area contributed by atoms with Crippen LogP contribution in [0.15, 0.2) is 36.5 Å². The molecular formula is C15H16ClFN2O. The molecule has 0 atom stereocenters. The van der Waals surface area contributed by atoms with Crippen LogP contribution in [0.2, 0.25) is 5.02 Å². The van der Waals surface area contributed by atoms with Crippen LogP contribution in [0, 0.1) is 5.82 Å². The third kappa shape index (κ3) is 3.92. The molecule has 2 rings (SSSR count). The normalized spacial score (nSPS) is 10.6. The second kappa shape index (κ2) is 7.22. The highest BCUT2D eigenvalue weighted by atomic mass is 35.5. The monoisotopic (exact) mass is 294 g/mol. The molecule has 1 heterocycles. The average molecular weight is 295 g/mol. The van der Waals surface area contributed by atoms with Gasteiger partial charge in [0.05, 0.1) is 5.02 Å². The lowest BCUT2D eigenvalue weighted by Gasteiger charge is -2.09. The number of hydrogen-bond acceptors (Lipinski definition) is 3. The van der Waals surface area contributed by atoms with Gasteiger partial charge in [0.15, 0.2) is 11.6 Å². The maximum absolute atomic E-state index is 13.5. The number of para-hydroxylation sites is 1. The number of benzene rings is 1. The highest BCUT2D eigenvalue weighted by molar-refractivity contribution is 6.31. The van der Waals surface area contributed by atoms with E-state index in [9.17, 15) is 4.39 Å². The van der Waals surface area contributed by atoms with Gasteiger partial charge in [-0.15, -0.1) is 0 Å². The Labute approximate surface area is 122 Å². The molecule has 20 heavy (non-hydrogen) atoms. The van der Waals surface area contributed by atoms with Crippen LogP contribution in [0.1, 0.15) is 18.9 Å². The summed E-state index contributed by atoms with van der Waals surface area (Å²) in [6, 6.07) is 7.93. The molecule has 0 amide bonds. The summed E-state index contributed by atoms with van der Waals surface area (Å²) in [5.41, 5.74) is 0.876. The van der Waals surface area contributed by atoms with E-state index in [4.69, 9.17) is 16.3 Å². The van der Waals surface area contributed by atoms with Gasteiger partial charge >= 0.3 is 0 Å². The molecule has 5 heteroatoms. The summed E-state index contributed by atoms with van der Waals surface area (Å²) in [6.45, 7) is 3.62. The molecule has 0 aliphatic carbocycles. The third-order valence-electron chi connectivity index (χ3n) is 2.70. The Bertz CT molecular complexity index is 578. The zero-order valence-corrected chi connectivity index (χ0v) is 12.0. The lowest BCUT2D eigenvalue weighted by Crippen LogP contribution is -2.14. The van der Waals surface area contributed by atoms with E-state index in [1.807, 2.05) is 0 Å². The zero-order valence-electron chi connectivity index (χ0n) is 11.2. The molecule has 3 nitrogen and oxygen atoms in total. The summed E-state index contributed by atoms with van der Waals surface area (Å²) in [5, 5.41) is 3.82. The smallest absolute Gasteiger partial charge is 0.219 e. The Balaban J connectivity index is 2.13. The molecule has 1 aromatic heterocycles. The number of aromatic nitrogens is 1. The minimum atomic E-state index is -0.421. The molecule has 2 aromatic rings. The Kier molecular flexibility index (Phi) is 5.32. The van der Waals surface area contributed by atoms with Crippen molar-refractivity contribution in [3.8, 4) is 11.6 Å². The van der Waals surface area contributed by atoms with Gasteiger partial charge in [-0.05, 0) is 30.7 Å². The first-order valence-electron chi connectivity index (χ1n) is 6.48. The van der Waals surface area contributed by atoms with Crippen LogP contribution >= 0.6 is 11.6 Å². The van der Waals surface area contributed by atoms with Gasteiger partial charge in [-0.3, -0.25) is 0 Å². The van der Waals surface area contributed by atoms with Gasteiger partial charge in [0.2, 0.25) is 5.88 Å². The number of pyridine rings is 1. The first-order valence-corrected chi connectivity index (χ1v) is 6.86. The van der Waals surface area contributed by atoms with E-state index < -0.39 is 5.82 Å². The summed E-state index contributed by atoms with van der Waals surface area (Å²) in [6.07, 6.45) is 2.56. The van der Waals surface area contributed by atoms with Crippen molar-refractivity contribution in [2.24, 2.45) is 0 Å². The van der Waals surface area contributed by atoms with Crippen LogP contribution < -0.4 is 10.1 Å². The van der Waals surface area contributed by atoms with Gasteiger partial charge in [-0.1, -0.05) is 30.7 Å². The fraction of sp³-hybridized carbons (Fsp3) is 0.267. The topological polar surface area (TPSA) is 34.1 Å². The molecule has 0 spiro atoms. The number of rotatable bonds is 6. The Hall–Kier alpha value is -1.65. The van der Waals surface area contributed by atoms with Gasteiger partial charge in [-0.25, -0.2) is 9.37 Å². The number of ether oxygens (including phenoxy) is 1. The van der Waals surface area contributed by atoms with Crippen molar-refractivity contribution in [1.29, 1.82) is 0 Å². The Morgan fingerprint density at radius 3 is 2.90 bits per heavy atom. The summed E-state index contributed by atoms with van der Waals surface area (Å²) < 4.78 is 19.0. The van der Waals surface area contributed by atoms with Crippen LogP contribution in [-0.4, -0.2) is 11.5 Å². The van der Waals surface area contributed by atoms with Crippen LogP contribution in [0.4, 0.5) is 4.39 Å². The van der Waals surface area contributed by atoms with Crippen molar-refractivity contribution >= 4 is 11.6 Å². The van der Waals surface area contributed by atoms with E-state index in [-0.39, 0.29) is 5.75 Å². The second-order valence-electron chi connectivity index (χ2n) is 4.32. The minimum absolute atomic E-state index is 0.148. The summed E-state index contributed by atoms with van der Waals surface area (Å²) in [5.74, 6) is 0.0532. The van der Waals surface area contributed by atoms with Crippen LogP contribution in [0.5, 0.6) is 11.6 Å². The van der Waals surface area contributed by atoms with Gasteiger partial charge in [-0.2, -0.15) is 0 Å². The van der Waals surface area contributed by atoms with E-state index >= 15 is 0 Å². The molecule has 0 aliphatic rings. The zero-order chi connectivity index (χ0) is 14.4. The molecule has 1 aromatic carbocycles. The number of halogens is 2. The molecule has 106 valence electrons. The molecule has 0 unspecified atom stereocenters. The quantitative estimate of drug-likeness (QED) is 0.812. The molecule has 0 saturated heterocycles. The predicted molar refractivity (Wildman–Crippen MR) is 77.7 cm³/mol. The predicted octanol–water partition coefficient (Wildman–Crippen LogP) is 4.17. The van der Waals surface area contributed by atoms with E-state index in [0.717, 1.165) is 18.5 Å². The van der Waals surface area contributed by atoms with E-state index in [1.54, 1.807) is 24.3 Å². The highest BCUT2D eigenvalue weighted by Crippen LogP contribution is 2.25. The first kappa shape index (κ1) is 14.8. The lowest BCUT2D eigenvalue weighted by molar-refractivity contribution is 0.426. The Morgan fingerprint density at radius 1 is 1.35 bits per heavy atom. The fourth-order valence-corrected chi connectivity index (χ4v) is 1.86. The molecule has 0 bridgehead atoms. The maximum atomic E-state index is 13.5. The highest BCUT2D eigenvalue weighted by Gasteiger charge is 2.07. The van der Waals surface area contributed by atoms with Crippen molar-refractivity contribution in [1.82, 2.24) is 10.3 Å². The van der Waals surface area contributed by atoms with Crippen molar-refractivity contribution in [2.45, 2.75) is 19.9 Å². The van der Waals surface area contributed by atoms with E-state index in [2.05, 4.69) is 17.2 Å². The number of nitrogens with zero attached hydrogens (tertiary/aromatic N) is 1. The van der Waals surface area contributed by atoms with E-state index in [1.165, 1.54) is 12.3 Å². The van der Waals surface area contributed by atoms with Gasteiger partial charge in [0.25, 0.3) is 0 Å². The van der Waals surface area contributed by atoms with Crippen molar-refractivity contribution in [3.05, 3.63) is 52.9 Å². The maximum Gasteiger partial charge on any atom is 0.219 e. The third-order valence-corrected chi connectivity index (χ3v) is 3.04. The summed E-state index contributed by atoms with van der Waals surface area (Å²) >= 11 is 6.08. The number of nitrogens with one attached hydrogen (secondary N) is 1. The molecule has 1 N–H and O–H groups in total. The lowest BCUT2D eigenvalue weighted by atomic mass is 10.2. The van der Waals surface area contributed by atoms with Gasteiger partial charge < -0.3 is 10.1 Å². The molecule has 0 radical (unpaired) electrons. The molecule has 0 fully saturated rings. The van der Waals surface area contributed by atoms with Crippen molar-refractivity contribution < 1.29 is 9.13 Å². The van der Waals surface area contributed by atoms with Crippen LogP contribution in [-0.2, 0) is 6.54 Å². The second-order valence-corrected chi connectivity index (χ2v) is 4.73. The SMILES string of the molecule is CCCNCc1cc(Oc2ccccc2F)ncc1Cl. The van der Waals surface area contributed by atoms with Crippen LogP contribution in [0.3, 0.4) is 0 Å².